The fourth-order valence-electron chi connectivity index (χ4n) is 2.22. The molecule has 0 bridgehead atoms. The van der Waals surface area contributed by atoms with Crippen LogP contribution in [0, 0.1) is 5.82 Å². The first-order chi connectivity index (χ1) is 9.78. The minimum atomic E-state index is -0.306. The summed E-state index contributed by atoms with van der Waals surface area (Å²) in [5.74, 6) is 0.514. The molecule has 0 aliphatic rings. The quantitative estimate of drug-likeness (QED) is 0.839. The summed E-state index contributed by atoms with van der Waals surface area (Å²) < 4.78 is 18.8. The molecule has 0 aromatic carbocycles. The molecule has 4 nitrogen and oxygen atoms in total. The van der Waals surface area contributed by atoms with Gasteiger partial charge >= 0.3 is 0 Å². The number of pyridine rings is 1. The molecule has 0 fully saturated rings. The van der Waals surface area contributed by atoms with E-state index in [1.54, 1.807) is 13.2 Å². The number of halogens is 1. The zero-order chi connectivity index (χ0) is 16.0. The largest absolute Gasteiger partial charge is 0.383 e. The Bertz CT molecular complexity index is 446. The Balaban J connectivity index is 3.03. The molecular formula is C16H28FN3O. The van der Waals surface area contributed by atoms with E-state index in [9.17, 15) is 4.39 Å². The lowest BCUT2D eigenvalue weighted by atomic mass is 10.1. The van der Waals surface area contributed by atoms with Gasteiger partial charge in [0.05, 0.1) is 18.8 Å². The molecule has 5 heteroatoms. The van der Waals surface area contributed by atoms with E-state index < -0.39 is 0 Å². The van der Waals surface area contributed by atoms with E-state index in [1.807, 2.05) is 0 Å². The maximum Gasteiger partial charge on any atom is 0.141 e. The van der Waals surface area contributed by atoms with Crippen LogP contribution in [0.25, 0.3) is 0 Å². The summed E-state index contributed by atoms with van der Waals surface area (Å²) in [7, 11) is 1.69. The van der Waals surface area contributed by atoms with Gasteiger partial charge in [0.25, 0.3) is 0 Å². The minimum Gasteiger partial charge on any atom is -0.383 e. The molecule has 0 aliphatic heterocycles. The zero-order valence-electron chi connectivity index (χ0n) is 14.0. The number of rotatable bonds is 7. The third-order valence-electron chi connectivity index (χ3n) is 3.27. The number of aromatic nitrogens is 1. The Morgan fingerprint density at radius 2 is 2.10 bits per heavy atom. The number of anilines is 1. The van der Waals surface area contributed by atoms with Gasteiger partial charge in [-0.25, -0.2) is 9.37 Å². The van der Waals surface area contributed by atoms with E-state index in [1.165, 1.54) is 6.20 Å². The Morgan fingerprint density at radius 1 is 1.43 bits per heavy atom. The number of nitrogens with zero attached hydrogens (tertiary/aromatic N) is 2. The molecule has 1 heterocycles. The van der Waals surface area contributed by atoms with Gasteiger partial charge in [0.2, 0.25) is 0 Å². The van der Waals surface area contributed by atoms with E-state index >= 15 is 0 Å². The summed E-state index contributed by atoms with van der Waals surface area (Å²) in [6.07, 6.45) is 1.28. The van der Waals surface area contributed by atoms with Crippen molar-refractivity contribution in [2.24, 2.45) is 0 Å². The lowest BCUT2D eigenvalue weighted by Gasteiger charge is -2.31. The van der Waals surface area contributed by atoms with Crippen molar-refractivity contribution in [3.63, 3.8) is 0 Å². The molecule has 0 aliphatic carbocycles. The van der Waals surface area contributed by atoms with Gasteiger partial charge in [0.1, 0.15) is 11.6 Å². The second kappa shape index (κ2) is 7.71. The first-order valence-electron chi connectivity index (χ1n) is 7.43. The average molecular weight is 297 g/mol. The molecule has 1 rings (SSSR count). The lowest BCUT2D eigenvalue weighted by molar-refractivity contribution is 0.181. The lowest BCUT2D eigenvalue weighted by Crippen LogP contribution is -2.39. The van der Waals surface area contributed by atoms with Crippen LogP contribution in [-0.4, -0.2) is 36.8 Å². The highest BCUT2D eigenvalue weighted by atomic mass is 19.1. The van der Waals surface area contributed by atoms with Crippen LogP contribution in [0.5, 0.6) is 0 Å². The first kappa shape index (κ1) is 17.9. The maximum absolute atomic E-state index is 13.6. The zero-order valence-corrected chi connectivity index (χ0v) is 14.0. The summed E-state index contributed by atoms with van der Waals surface area (Å²) in [4.78, 5) is 6.45. The van der Waals surface area contributed by atoms with Crippen molar-refractivity contribution in [3.05, 3.63) is 23.6 Å². The normalized spacial score (nSPS) is 13.3. The maximum atomic E-state index is 13.6. The van der Waals surface area contributed by atoms with Crippen molar-refractivity contribution in [1.82, 2.24) is 10.3 Å². The highest BCUT2D eigenvalue weighted by Crippen LogP contribution is 2.21. The van der Waals surface area contributed by atoms with Gasteiger partial charge < -0.3 is 15.0 Å². The molecule has 1 atom stereocenters. The monoisotopic (exact) mass is 297 g/mol. The molecule has 0 saturated carbocycles. The van der Waals surface area contributed by atoms with Crippen LogP contribution >= 0.6 is 0 Å². The number of methoxy groups -OCH3 is 1. The van der Waals surface area contributed by atoms with Crippen LogP contribution < -0.4 is 10.2 Å². The van der Waals surface area contributed by atoms with Gasteiger partial charge in [-0.1, -0.05) is 0 Å². The van der Waals surface area contributed by atoms with Crippen molar-refractivity contribution in [3.8, 4) is 0 Å². The second-order valence-electron chi connectivity index (χ2n) is 6.33. The van der Waals surface area contributed by atoms with Crippen LogP contribution in [0.2, 0.25) is 0 Å². The molecule has 0 amide bonds. The van der Waals surface area contributed by atoms with Crippen molar-refractivity contribution >= 4 is 5.82 Å². The molecule has 1 aromatic heterocycles. The predicted octanol–water partition coefficient (Wildman–Crippen LogP) is 2.97. The smallest absolute Gasteiger partial charge is 0.141 e. The van der Waals surface area contributed by atoms with Crippen molar-refractivity contribution < 1.29 is 9.13 Å². The molecule has 0 saturated heterocycles. The molecule has 21 heavy (non-hydrogen) atoms. The second-order valence-corrected chi connectivity index (χ2v) is 6.33. The molecule has 0 spiro atoms. The number of nitrogens with one attached hydrogen (secondary N) is 1. The Morgan fingerprint density at radius 3 is 2.62 bits per heavy atom. The first-order valence-corrected chi connectivity index (χ1v) is 7.43. The van der Waals surface area contributed by atoms with Crippen molar-refractivity contribution in [1.29, 1.82) is 0 Å². The van der Waals surface area contributed by atoms with E-state index in [2.05, 4.69) is 49.8 Å². The van der Waals surface area contributed by atoms with E-state index in [0.717, 1.165) is 17.9 Å². The van der Waals surface area contributed by atoms with Gasteiger partial charge in [-0.2, -0.15) is 0 Å². The van der Waals surface area contributed by atoms with Gasteiger partial charge in [-0.3, -0.25) is 0 Å². The van der Waals surface area contributed by atoms with Gasteiger partial charge in [0.15, 0.2) is 0 Å². The van der Waals surface area contributed by atoms with Crippen LogP contribution in [0.1, 0.15) is 40.2 Å². The minimum absolute atomic E-state index is 0.0290. The van der Waals surface area contributed by atoms with Crippen molar-refractivity contribution in [2.75, 3.05) is 25.2 Å². The average Bonchev–Trinajstić information content (AvgIpc) is 2.38. The topological polar surface area (TPSA) is 37.4 Å². The number of ether oxygens (including phenoxy) is 1. The number of hydrogen-bond acceptors (Lipinski definition) is 4. The molecular weight excluding hydrogens is 269 g/mol. The molecule has 1 unspecified atom stereocenters. The van der Waals surface area contributed by atoms with Gasteiger partial charge in [-0.05, 0) is 40.7 Å². The van der Waals surface area contributed by atoms with Crippen LogP contribution in [0.15, 0.2) is 12.3 Å². The van der Waals surface area contributed by atoms with E-state index in [4.69, 9.17) is 4.74 Å². The summed E-state index contributed by atoms with van der Waals surface area (Å²) in [5.41, 5.74) is 0.841. The predicted molar refractivity (Wildman–Crippen MR) is 85.1 cm³/mol. The fourth-order valence-corrected chi connectivity index (χ4v) is 2.22. The molecule has 1 aromatic rings. The number of likely N-dealkylation sites (N-methyl/N-ethyl adjacent to an activating group) is 1. The van der Waals surface area contributed by atoms with E-state index in [0.29, 0.717) is 13.2 Å². The Kier molecular flexibility index (Phi) is 6.55. The standard InChI is InChI=1S/C16H28FN3O/c1-7-20(12(2)11-21-6)15-13(8-14(17)10-18-15)9-19-16(3,4)5/h8,10,12,19H,7,9,11H2,1-6H3. The highest BCUT2D eigenvalue weighted by Gasteiger charge is 2.19. The molecule has 0 radical (unpaired) electrons. The summed E-state index contributed by atoms with van der Waals surface area (Å²) in [5, 5.41) is 3.39. The summed E-state index contributed by atoms with van der Waals surface area (Å²) >= 11 is 0. The van der Waals surface area contributed by atoms with Crippen LogP contribution in [0.3, 0.4) is 0 Å². The van der Waals surface area contributed by atoms with Crippen LogP contribution in [0.4, 0.5) is 10.2 Å². The fraction of sp³-hybridized carbons (Fsp3) is 0.688. The van der Waals surface area contributed by atoms with E-state index in [-0.39, 0.29) is 17.4 Å². The molecule has 1 N–H and O–H groups in total. The van der Waals surface area contributed by atoms with Gasteiger partial charge in [0, 0.05) is 31.3 Å². The van der Waals surface area contributed by atoms with Gasteiger partial charge in [-0.15, -0.1) is 0 Å². The summed E-state index contributed by atoms with van der Waals surface area (Å²) in [6, 6.07) is 1.75. The Hall–Kier alpha value is -1.20. The number of hydrogen-bond donors (Lipinski definition) is 1. The SMILES string of the molecule is CCN(c1ncc(F)cc1CNC(C)(C)C)C(C)COC. The van der Waals surface area contributed by atoms with Crippen molar-refractivity contribution in [2.45, 2.75) is 52.7 Å². The summed E-state index contributed by atoms with van der Waals surface area (Å²) in [6.45, 7) is 12.4. The highest BCUT2D eigenvalue weighted by molar-refractivity contribution is 5.47. The molecule has 120 valence electrons. The van der Waals surface area contributed by atoms with Crippen LogP contribution in [-0.2, 0) is 11.3 Å². The third kappa shape index (κ3) is 5.59. The third-order valence-corrected chi connectivity index (χ3v) is 3.27. The Labute approximate surface area is 127 Å².